The summed E-state index contributed by atoms with van der Waals surface area (Å²) in [7, 11) is 0. The second-order valence-corrected chi connectivity index (χ2v) is 29.3. The van der Waals surface area contributed by atoms with Crippen molar-refractivity contribution in [1.29, 1.82) is 0 Å². The van der Waals surface area contributed by atoms with Crippen molar-refractivity contribution in [2.45, 2.75) is 43.8 Å². The molecule has 4 heteroatoms. The Bertz CT molecular complexity index is 169. The minimum absolute atomic E-state index is 0.860. The van der Waals surface area contributed by atoms with E-state index in [0.29, 0.717) is 0 Å². The summed E-state index contributed by atoms with van der Waals surface area (Å²) in [4.78, 5) is 2.43. The van der Waals surface area contributed by atoms with E-state index < -0.39 is 0 Å². The average Bonchev–Trinajstić information content (AvgIpc) is 2.27. The van der Waals surface area contributed by atoms with E-state index in [1.807, 2.05) is 0 Å². The molecule has 0 saturated carbocycles. The number of rotatable bonds is 0. The molecule has 1 heterocycles. The van der Waals surface area contributed by atoms with Crippen molar-refractivity contribution in [1.82, 2.24) is 0 Å². The summed E-state index contributed by atoms with van der Waals surface area (Å²) in [5, 5.41) is 1.58. The summed E-state index contributed by atoms with van der Waals surface area (Å²) < 4.78 is 0. The predicted octanol–water partition coefficient (Wildman–Crippen LogP) is 2.39. The number of allylic oxidation sites excluding steroid dienone is 3. The van der Waals surface area contributed by atoms with Crippen molar-refractivity contribution in [2.75, 3.05) is 0 Å². The van der Waals surface area contributed by atoms with Crippen LogP contribution in [0.25, 0.3) is 0 Å². The standard InChI is InChI=1S/C11H18Se4/c1-2-4-6-8-10-12-14-15-13-11-9-7-5-3-1/h4,6,8,10H,1-3,5,7,9,11H2/b6-4+,10-8-. The molecule has 0 aromatic carbocycles. The Morgan fingerprint density at radius 3 is 2.67 bits per heavy atom. The molecule has 0 atom stereocenters. The zero-order valence-corrected chi connectivity index (χ0v) is 15.7. The van der Waals surface area contributed by atoms with Crippen molar-refractivity contribution < 1.29 is 0 Å². The molecule has 0 aliphatic carbocycles. The van der Waals surface area contributed by atoms with E-state index in [9.17, 15) is 0 Å². The van der Waals surface area contributed by atoms with Crippen LogP contribution >= 0.6 is 0 Å². The molecule has 0 unspecified atom stereocenters. The summed E-state index contributed by atoms with van der Waals surface area (Å²) in [6.07, 6.45) is 15.5. The van der Waals surface area contributed by atoms with Crippen LogP contribution in [0.2, 0.25) is 5.32 Å². The second kappa shape index (κ2) is 12.0. The topological polar surface area (TPSA) is 0 Å². The average molecular weight is 466 g/mol. The summed E-state index contributed by atoms with van der Waals surface area (Å²) >= 11 is 3.98. The van der Waals surface area contributed by atoms with Gasteiger partial charge in [-0.3, -0.25) is 0 Å². The van der Waals surface area contributed by atoms with E-state index >= 15 is 0 Å². The maximum absolute atomic E-state index is 2.43. The third-order valence-electron chi connectivity index (χ3n) is 2.09. The van der Waals surface area contributed by atoms with Gasteiger partial charge in [0, 0.05) is 0 Å². The molecule has 0 spiro atoms. The Balaban J connectivity index is 2.16. The number of hydrogen-bond donors (Lipinski definition) is 0. The van der Waals surface area contributed by atoms with E-state index in [4.69, 9.17) is 0 Å². The third kappa shape index (κ3) is 10.4. The van der Waals surface area contributed by atoms with Gasteiger partial charge in [0.05, 0.1) is 0 Å². The van der Waals surface area contributed by atoms with Gasteiger partial charge < -0.3 is 0 Å². The van der Waals surface area contributed by atoms with Gasteiger partial charge in [-0.25, -0.2) is 0 Å². The van der Waals surface area contributed by atoms with Gasteiger partial charge in [-0.15, -0.1) is 0 Å². The first-order valence-electron chi connectivity index (χ1n) is 5.43. The van der Waals surface area contributed by atoms with E-state index in [0.717, 1.165) is 48.9 Å². The summed E-state index contributed by atoms with van der Waals surface area (Å²) in [5.41, 5.74) is 0. The van der Waals surface area contributed by atoms with Gasteiger partial charge in [0.15, 0.2) is 0 Å². The van der Waals surface area contributed by atoms with Gasteiger partial charge in [0.25, 0.3) is 0 Å². The molecule has 0 radical (unpaired) electrons. The SMILES string of the molecule is C1=C\[Se][Se][Se][Se]CCCCCCC/C=C/1. The third-order valence-corrected chi connectivity index (χ3v) is 39.0. The zero-order chi connectivity index (χ0) is 10.6. The first-order valence-corrected chi connectivity index (χ1v) is 20.6. The molecule has 1 rings (SSSR count). The van der Waals surface area contributed by atoms with Crippen LogP contribution in [0.3, 0.4) is 0 Å². The van der Waals surface area contributed by atoms with Gasteiger partial charge in [-0.05, 0) is 0 Å². The summed E-state index contributed by atoms with van der Waals surface area (Å²) in [6.45, 7) is 0. The van der Waals surface area contributed by atoms with Gasteiger partial charge in [-0.2, -0.15) is 0 Å². The van der Waals surface area contributed by atoms with Crippen molar-refractivity contribution in [3.8, 4) is 0 Å². The normalized spacial score (nSPS) is 26.1. The molecule has 1 aliphatic rings. The molecular formula is C11H18Se4. The molecule has 0 bridgehead atoms. The first kappa shape index (κ1) is 14.6. The van der Waals surface area contributed by atoms with E-state index in [1.165, 1.54) is 38.5 Å². The Labute approximate surface area is 115 Å². The van der Waals surface area contributed by atoms with Gasteiger partial charge in [0.2, 0.25) is 0 Å². The van der Waals surface area contributed by atoms with Crippen LogP contribution in [0.1, 0.15) is 38.5 Å². The Hall–Kier alpha value is 1.56. The molecule has 0 saturated heterocycles. The molecular weight excluding hydrogens is 448 g/mol. The van der Waals surface area contributed by atoms with Crippen LogP contribution in [-0.4, -0.2) is 48.9 Å². The Morgan fingerprint density at radius 1 is 0.800 bits per heavy atom. The fourth-order valence-corrected chi connectivity index (χ4v) is 38.2. The van der Waals surface area contributed by atoms with Crippen LogP contribution in [0, 0.1) is 0 Å². The van der Waals surface area contributed by atoms with Crippen LogP contribution in [0.15, 0.2) is 23.2 Å². The molecule has 86 valence electrons. The van der Waals surface area contributed by atoms with Gasteiger partial charge in [0.1, 0.15) is 0 Å². The molecule has 0 aromatic heterocycles. The van der Waals surface area contributed by atoms with Crippen molar-refractivity contribution in [2.24, 2.45) is 0 Å². The summed E-state index contributed by atoms with van der Waals surface area (Å²) in [6, 6.07) is 0. The molecule has 15 heavy (non-hydrogen) atoms. The first-order chi connectivity index (χ1) is 7.50. The van der Waals surface area contributed by atoms with Crippen LogP contribution in [0.4, 0.5) is 0 Å². The quantitative estimate of drug-likeness (QED) is 0.482. The fraction of sp³-hybridized carbons (Fsp3) is 0.636. The molecule has 0 nitrogen and oxygen atoms in total. The zero-order valence-electron chi connectivity index (χ0n) is 8.89. The van der Waals surface area contributed by atoms with E-state index in [-0.39, 0.29) is 0 Å². The van der Waals surface area contributed by atoms with Crippen molar-refractivity contribution in [3.05, 3.63) is 23.2 Å². The molecule has 0 aromatic rings. The Morgan fingerprint density at radius 2 is 1.67 bits per heavy atom. The van der Waals surface area contributed by atoms with E-state index in [2.05, 4.69) is 23.2 Å². The number of hydrogen-bond acceptors (Lipinski definition) is 0. The summed E-state index contributed by atoms with van der Waals surface area (Å²) in [5.74, 6) is 0. The predicted molar refractivity (Wildman–Crippen MR) is 73.8 cm³/mol. The fourth-order valence-electron chi connectivity index (χ4n) is 1.30. The molecule has 0 N–H and O–H groups in total. The van der Waals surface area contributed by atoms with Gasteiger partial charge in [-0.1, -0.05) is 0 Å². The maximum atomic E-state index is 2.43. The van der Waals surface area contributed by atoms with Gasteiger partial charge >= 0.3 is 116 Å². The minimum atomic E-state index is 0.860. The second-order valence-electron chi connectivity index (χ2n) is 3.37. The molecule has 0 fully saturated rings. The Kier molecular flexibility index (Phi) is 11.7. The monoisotopic (exact) mass is 470 g/mol. The van der Waals surface area contributed by atoms with Crippen molar-refractivity contribution >= 4 is 48.9 Å². The molecule has 0 amide bonds. The van der Waals surface area contributed by atoms with Crippen molar-refractivity contribution in [3.63, 3.8) is 0 Å². The molecule has 1 aliphatic heterocycles. The van der Waals surface area contributed by atoms with Crippen LogP contribution in [0.5, 0.6) is 0 Å². The van der Waals surface area contributed by atoms with Crippen LogP contribution < -0.4 is 0 Å². The van der Waals surface area contributed by atoms with Crippen LogP contribution in [-0.2, 0) is 0 Å². The van der Waals surface area contributed by atoms with E-state index in [1.54, 1.807) is 5.32 Å².